The topological polar surface area (TPSA) is 49.9 Å². The number of thioether (sulfide) groups is 1. The van der Waals surface area contributed by atoms with Crippen LogP contribution in [-0.4, -0.2) is 72.0 Å². The number of hydrogen-bond donors (Lipinski definition) is 0. The quantitative estimate of drug-likeness (QED) is 0.769. The summed E-state index contributed by atoms with van der Waals surface area (Å²) in [5.74, 6) is 1.14. The van der Waals surface area contributed by atoms with E-state index < -0.39 is 0 Å². The second-order valence-electron chi connectivity index (χ2n) is 5.63. The number of morpholine rings is 1. The van der Waals surface area contributed by atoms with E-state index in [2.05, 4.69) is 6.92 Å². The SMILES string of the molecule is CCC1CCCCN1C(=O)CSCC(=O)N1CCOCC1. The van der Waals surface area contributed by atoms with Crippen molar-refractivity contribution < 1.29 is 14.3 Å². The molecule has 2 rings (SSSR count). The first-order valence-electron chi connectivity index (χ1n) is 7.95. The molecule has 6 heteroatoms. The third-order valence-electron chi connectivity index (χ3n) is 4.23. The average molecular weight is 314 g/mol. The van der Waals surface area contributed by atoms with Crippen LogP contribution in [0, 0.1) is 0 Å². The lowest BCUT2D eigenvalue weighted by Gasteiger charge is -2.35. The number of carbonyl (C=O) groups is 2. The molecule has 0 saturated carbocycles. The Morgan fingerprint density at radius 2 is 1.81 bits per heavy atom. The summed E-state index contributed by atoms with van der Waals surface area (Å²) >= 11 is 1.45. The molecule has 5 nitrogen and oxygen atoms in total. The van der Waals surface area contributed by atoms with E-state index in [1.165, 1.54) is 18.2 Å². The van der Waals surface area contributed by atoms with Crippen molar-refractivity contribution in [2.45, 2.75) is 38.6 Å². The molecule has 2 saturated heterocycles. The minimum Gasteiger partial charge on any atom is -0.378 e. The number of nitrogens with zero attached hydrogens (tertiary/aromatic N) is 2. The van der Waals surface area contributed by atoms with Gasteiger partial charge in [0.15, 0.2) is 0 Å². The maximum atomic E-state index is 12.3. The lowest BCUT2D eigenvalue weighted by molar-refractivity contribution is -0.132. The monoisotopic (exact) mass is 314 g/mol. The van der Waals surface area contributed by atoms with Crippen molar-refractivity contribution >= 4 is 23.6 Å². The van der Waals surface area contributed by atoms with Crippen LogP contribution in [0.15, 0.2) is 0 Å². The summed E-state index contributed by atoms with van der Waals surface area (Å²) in [6.07, 6.45) is 4.49. The minimum atomic E-state index is 0.127. The van der Waals surface area contributed by atoms with E-state index in [0.717, 1.165) is 25.8 Å². The standard InChI is InChI=1S/C15H26N2O3S/c1-2-13-5-3-4-6-17(13)15(19)12-21-11-14(18)16-7-9-20-10-8-16/h13H,2-12H2,1H3. The molecule has 1 unspecified atom stereocenters. The van der Waals surface area contributed by atoms with E-state index in [9.17, 15) is 9.59 Å². The molecule has 0 N–H and O–H groups in total. The van der Waals surface area contributed by atoms with Gasteiger partial charge in [0.1, 0.15) is 0 Å². The van der Waals surface area contributed by atoms with Gasteiger partial charge in [0.05, 0.1) is 24.7 Å². The lowest BCUT2D eigenvalue weighted by atomic mass is 10.0. The third-order valence-corrected chi connectivity index (χ3v) is 5.14. The highest BCUT2D eigenvalue weighted by Gasteiger charge is 2.25. The van der Waals surface area contributed by atoms with Gasteiger partial charge in [-0.05, 0) is 25.7 Å². The third kappa shape index (κ3) is 4.88. The number of piperidine rings is 1. The van der Waals surface area contributed by atoms with Crippen LogP contribution in [0.1, 0.15) is 32.6 Å². The van der Waals surface area contributed by atoms with Crippen LogP contribution < -0.4 is 0 Å². The van der Waals surface area contributed by atoms with Crippen LogP contribution in [0.5, 0.6) is 0 Å². The predicted molar refractivity (Wildman–Crippen MR) is 84.4 cm³/mol. The van der Waals surface area contributed by atoms with Crippen LogP contribution >= 0.6 is 11.8 Å². The van der Waals surface area contributed by atoms with E-state index in [0.29, 0.717) is 43.9 Å². The fourth-order valence-corrected chi connectivity index (χ4v) is 3.77. The van der Waals surface area contributed by atoms with Gasteiger partial charge in [-0.25, -0.2) is 0 Å². The summed E-state index contributed by atoms with van der Waals surface area (Å²) in [4.78, 5) is 28.1. The minimum absolute atomic E-state index is 0.127. The molecule has 1 atom stereocenters. The van der Waals surface area contributed by atoms with Gasteiger partial charge in [0, 0.05) is 25.7 Å². The average Bonchev–Trinajstić information content (AvgIpc) is 2.55. The Morgan fingerprint density at radius 3 is 2.52 bits per heavy atom. The number of carbonyl (C=O) groups excluding carboxylic acids is 2. The van der Waals surface area contributed by atoms with Crippen LogP contribution in [0.25, 0.3) is 0 Å². The molecule has 0 aromatic rings. The fourth-order valence-electron chi connectivity index (χ4n) is 2.97. The molecular formula is C15H26N2O3S. The normalized spacial score (nSPS) is 23.2. The summed E-state index contributed by atoms with van der Waals surface area (Å²) in [7, 11) is 0. The highest BCUT2D eigenvalue weighted by atomic mass is 32.2. The molecule has 0 aliphatic carbocycles. The zero-order valence-electron chi connectivity index (χ0n) is 12.9. The Kier molecular flexibility index (Phi) is 6.83. The van der Waals surface area contributed by atoms with Gasteiger partial charge >= 0.3 is 0 Å². The first kappa shape index (κ1) is 16.6. The fraction of sp³-hybridized carbons (Fsp3) is 0.867. The van der Waals surface area contributed by atoms with Crippen molar-refractivity contribution in [1.29, 1.82) is 0 Å². The van der Waals surface area contributed by atoms with E-state index in [-0.39, 0.29) is 11.8 Å². The summed E-state index contributed by atoms with van der Waals surface area (Å²) in [5.41, 5.74) is 0. The van der Waals surface area contributed by atoms with Crippen molar-refractivity contribution in [2.24, 2.45) is 0 Å². The van der Waals surface area contributed by atoms with Crippen molar-refractivity contribution in [1.82, 2.24) is 9.80 Å². The van der Waals surface area contributed by atoms with E-state index in [1.54, 1.807) is 0 Å². The molecule has 0 aromatic heterocycles. The molecule has 2 aliphatic heterocycles. The summed E-state index contributed by atoms with van der Waals surface area (Å²) < 4.78 is 5.23. The molecular weight excluding hydrogens is 288 g/mol. The Balaban J connectivity index is 1.69. The smallest absolute Gasteiger partial charge is 0.232 e. The molecule has 120 valence electrons. The van der Waals surface area contributed by atoms with Crippen molar-refractivity contribution in [2.75, 3.05) is 44.4 Å². The number of ether oxygens (including phenoxy) is 1. The van der Waals surface area contributed by atoms with Gasteiger partial charge < -0.3 is 14.5 Å². The Labute approximate surface area is 131 Å². The first-order chi connectivity index (χ1) is 10.2. The molecule has 2 amide bonds. The van der Waals surface area contributed by atoms with E-state index in [1.807, 2.05) is 9.80 Å². The molecule has 21 heavy (non-hydrogen) atoms. The first-order valence-corrected chi connectivity index (χ1v) is 9.10. The van der Waals surface area contributed by atoms with E-state index >= 15 is 0 Å². The lowest BCUT2D eigenvalue weighted by Crippen LogP contribution is -2.44. The van der Waals surface area contributed by atoms with Crippen molar-refractivity contribution in [3.05, 3.63) is 0 Å². The zero-order chi connectivity index (χ0) is 15.1. The number of rotatable bonds is 5. The molecule has 2 heterocycles. The van der Waals surface area contributed by atoms with E-state index in [4.69, 9.17) is 4.74 Å². The second-order valence-corrected chi connectivity index (χ2v) is 6.62. The molecule has 2 aliphatic rings. The summed E-state index contributed by atoms with van der Waals surface area (Å²) in [6, 6.07) is 0.404. The van der Waals surface area contributed by atoms with Gasteiger partial charge in [-0.3, -0.25) is 9.59 Å². The van der Waals surface area contributed by atoms with Gasteiger partial charge in [-0.15, -0.1) is 11.8 Å². The molecule has 0 spiro atoms. The summed E-state index contributed by atoms with van der Waals surface area (Å²) in [5, 5.41) is 0. The molecule has 0 bridgehead atoms. The zero-order valence-corrected chi connectivity index (χ0v) is 13.7. The largest absolute Gasteiger partial charge is 0.378 e. The number of likely N-dealkylation sites (tertiary alicyclic amines) is 1. The summed E-state index contributed by atoms with van der Waals surface area (Å²) in [6.45, 7) is 5.64. The second kappa shape index (κ2) is 8.63. The van der Waals surface area contributed by atoms with Gasteiger partial charge in [-0.2, -0.15) is 0 Å². The highest BCUT2D eigenvalue weighted by Crippen LogP contribution is 2.20. The van der Waals surface area contributed by atoms with Crippen LogP contribution in [-0.2, 0) is 14.3 Å². The molecule has 0 radical (unpaired) electrons. The Morgan fingerprint density at radius 1 is 1.10 bits per heavy atom. The van der Waals surface area contributed by atoms with Crippen LogP contribution in [0.2, 0.25) is 0 Å². The number of hydrogen-bond acceptors (Lipinski definition) is 4. The van der Waals surface area contributed by atoms with Crippen molar-refractivity contribution in [3.8, 4) is 0 Å². The molecule has 2 fully saturated rings. The maximum absolute atomic E-state index is 12.3. The van der Waals surface area contributed by atoms with Gasteiger partial charge in [0.2, 0.25) is 11.8 Å². The molecule has 0 aromatic carbocycles. The Bertz CT molecular complexity index is 359. The van der Waals surface area contributed by atoms with Gasteiger partial charge in [-0.1, -0.05) is 6.92 Å². The van der Waals surface area contributed by atoms with Crippen LogP contribution in [0.3, 0.4) is 0 Å². The Hall–Kier alpha value is -0.750. The maximum Gasteiger partial charge on any atom is 0.232 e. The van der Waals surface area contributed by atoms with Crippen LogP contribution in [0.4, 0.5) is 0 Å². The predicted octanol–water partition coefficient (Wildman–Crippen LogP) is 1.37. The van der Waals surface area contributed by atoms with Gasteiger partial charge in [0.25, 0.3) is 0 Å². The van der Waals surface area contributed by atoms with Crippen molar-refractivity contribution in [3.63, 3.8) is 0 Å². The number of amides is 2. The highest BCUT2D eigenvalue weighted by molar-refractivity contribution is 8.00.